The summed E-state index contributed by atoms with van der Waals surface area (Å²) in [5.41, 5.74) is 3.37. The largest absolute Gasteiger partial charge is 0.354 e. The van der Waals surface area contributed by atoms with Gasteiger partial charge in [0, 0.05) is 12.1 Å². The first-order valence-electron chi connectivity index (χ1n) is 6.82. The summed E-state index contributed by atoms with van der Waals surface area (Å²) in [7, 11) is 0. The molecule has 0 aliphatic carbocycles. The second kappa shape index (κ2) is 5.12. The van der Waals surface area contributed by atoms with Crippen LogP contribution >= 0.6 is 0 Å². The van der Waals surface area contributed by atoms with Crippen molar-refractivity contribution < 1.29 is 4.39 Å². The van der Waals surface area contributed by atoms with Crippen LogP contribution in [0.3, 0.4) is 0 Å². The molecular weight excluding hydrogens is 269 g/mol. The SMILES string of the molecule is CCNc1nc(-c2c(C)cc(C)cc2F)c2cn[nH]c2n1. The highest BCUT2D eigenvalue weighted by Crippen LogP contribution is 2.31. The standard InChI is InChI=1S/C15H16FN5/c1-4-17-15-19-13(10-7-18-21-14(10)20-15)12-9(3)5-8(2)6-11(12)16/h5-7H,4H2,1-3H3,(H2,17,18,19,20,21). The van der Waals surface area contributed by atoms with Gasteiger partial charge in [-0.05, 0) is 38.0 Å². The predicted octanol–water partition coefficient (Wildman–Crippen LogP) is 3.21. The molecule has 2 heterocycles. The summed E-state index contributed by atoms with van der Waals surface area (Å²) in [5, 5.41) is 10.6. The molecule has 2 N–H and O–H groups in total. The van der Waals surface area contributed by atoms with Crippen LogP contribution in [0.4, 0.5) is 10.3 Å². The van der Waals surface area contributed by atoms with E-state index < -0.39 is 0 Å². The maximum absolute atomic E-state index is 14.4. The van der Waals surface area contributed by atoms with E-state index in [1.54, 1.807) is 6.20 Å². The fourth-order valence-corrected chi connectivity index (χ4v) is 2.48. The number of benzene rings is 1. The Labute approximate surface area is 121 Å². The van der Waals surface area contributed by atoms with Gasteiger partial charge in [0.1, 0.15) is 5.82 Å². The van der Waals surface area contributed by atoms with E-state index in [1.807, 2.05) is 26.8 Å². The van der Waals surface area contributed by atoms with Crippen molar-refractivity contribution in [2.24, 2.45) is 0 Å². The zero-order valence-corrected chi connectivity index (χ0v) is 12.2. The lowest BCUT2D eigenvalue weighted by atomic mass is 10.0. The van der Waals surface area contributed by atoms with Gasteiger partial charge in [-0.2, -0.15) is 10.1 Å². The Hall–Kier alpha value is -2.50. The van der Waals surface area contributed by atoms with E-state index in [9.17, 15) is 4.39 Å². The van der Waals surface area contributed by atoms with Crippen LogP contribution in [0, 0.1) is 19.7 Å². The molecule has 3 aromatic rings. The number of hydrogen-bond donors (Lipinski definition) is 2. The van der Waals surface area contributed by atoms with E-state index in [2.05, 4.69) is 25.5 Å². The molecule has 0 spiro atoms. The van der Waals surface area contributed by atoms with Gasteiger partial charge in [0.2, 0.25) is 5.95 Å². The molecule has 0 aliphatic heterocycles. The predicted molar refractivity (Wildman–Crippen MR) is 80.7 cm³/mol. The van der Waals surface area contributed by atoms with Gasteiger partial charge < -0.3 is 5.32 Å². The number of halogens is 1. The minimum atomic E-state index is -0.281. The van der Waals surface area contributed by atoms with Gasteiger partial charge in [-0.1, -0.05) is 6.07 Å². The number of rotatable bonds is 3. The Morgan fingerprint density at radius 2 is 2.05 bits per heavy atom. The lowest BCUT2D eigenvalue weighted by molar-refractivity contribution is 0.628. The summed E-state index contributed by atoms with van der Waals surface area (Å²) in [5.74, 6) is 0.180. The molecule has 3 rings (SSSR count). The molecule has 0 aliphatic rings. The average molecular weight is 285 g/mol. The molecule has 0 radical (unpaired) electrons. The number of aromatic nitrogens is 4. The monoisotopic (exact) mass is 285 g/mol. The maximum Gasteiger partial charge on any atom is 0.225 e. The van der Waals surface area contributed by atoms with Crippen LogP contribution in [-0.2, 0) is 0 Å². The Bertz CT molecular complexity index is 786. The number of nitrogens with one attached hydrogen (secondary N) is 2. The van der Waals surface area contributed by atoms with Gasteiger partial charge in [0.25, 0.3) is 0 Å². The molecule has 1 aromatic carbocycles. The average Bonchev–Trinajstić information content (AvgIpc) is 2.86. The van der Waals surface area contributed by atoms with Gasteiger partial charge >= 0.3 is 0 Å². The Morgan fingerprint density at radius 1 is 1.24 bits per heavy atom. The molecule has 0 saturated heterocycles. The number of hydrogen-bond acceptors (Lipinski definition) is 4. The van der Waals surface area contributed by atoms with E-state index >= 15 is 0 Å². The minimum absolute atomic E-state index is 0.281. The summed E-state index contributed by atoms with van der Waals surface area (Å²) in [6, 6.07) is 3.46. The van der Waals surface area contributed by atoms with E-state index in [-0.39, 0.29) is 5.82 Å². The topological polar surface area (TPSA) is 66.5 Å². The third kappa shape index (κ3) is 2.33. The number of H-pyrrole nitrogens is 1. The summed E-state index contributed by atoms with van der Waals surface area (Å²) >= 11 is 0. The summed E-state index contributed by atoms with van der Waals surface area (Å²) in [6.45, 7) is 6.40. The number of aryl methyl sites for hydroxylation is 2. The molecule has 6 heteroatoms. The van der Waals surface area contributed by atoms with Crippen LogP contribution in [0.5, 0.6) is 0 Å². The first-order valence-corrected chi connectivity index (χ1v) is 6.82. The molecule has 5 nitrogen and oxygen atoms in total. The summed E-state index contributed by atoms with van der Waals surface area (Å²) in [6.07, 6.45) is 1.62. The fraction of sp³-hybridized carbons (Fsp3) is 0.267. The molecule has 2 aromatic heterocycles. The van der Waals surface area contributed by atoms with E-state index in [4.69, 9.17) is 0 Å². The van der Waals surface area contributed by atoms with Crippen molar-refractivity contribution in [1.82, 2.24) is 20.2 Å². The van der Waals surface area contributed by atoms with Gasteiger partial charge in [0.05, 0.1) is 17.3 Å². The first kappa shape index (κ1) is 13.5. The second-order valence-corrected chi connectivity index (χ2v) is 5.00. The fourth-order valence-electron chi connectivity index (χ4n) is 2.48. The number of aromatic amines is 1. The Morgan fingerprint density at radius 3 is 2.76 bits per heavy atom. The van der Waals surface area contributed by atoms with Crippen molar-refractivity contribution in [2.45, 2.75) is 20.8 Å². The molecule has 0 amide bonds. The zero-order valence-electron chi connectivity index (χ0n) is 12.2. The van der Waals surface area contributed by atoms with Crippen LogP contribution < -0.4 is 5.32 Å². The Kier molecular flexibility index (Phi) is 3.29. The van der Waals surface area contributed by atoms with E-state index in [0.717, 1.165) is 11.1 Å². The number of fused-ring (bicyclic) bond motifs is 1. The molecule has 0 unspecified atom stereocenters. The van der Waals surface area contributed by atoms with E-state index in [0.29, 0.717) is 34.8 Å². The number of nitrogens with zero attached hydrogens (tertiary/aromatic N) is 3. The third-order valence-electron chi connectivity index (χ3n) is 3.31. The highest BCUT2D eigenvalue weighted by molar-refractivity contribution is 5.91. The van der Waals surface area contributed by atoms with E-state index in [1.165, 1.54) is 6.07 Å². The molecular formula is C15H16FN5. The highest BCUT2D eigenvalue weighted by Gasteiger charge is 2.17. The lowest BCUT2D eigenvalue weighted by Crippen LogP contribution is -2.04. The normalized spacial score (nSPS) is 11.0. The van der Waals surface area contributed by atoms with Crippen molar-refractivity contribution in [3.63, 3.8) is 0 Å². The first-order chi connectivity index (χ1) is 10.1. The van der Waals surface area contributed by atoms with Gasteiger partial charge in [-0.15, -0.1) is 0 Å². The molecule has 0 saturated carbocycles. The highest BCUT2D eigenvalue weighted by atomic mass is 19.1. The van der Waals surface area contributed by atoms with Crippen LogP contribution in [0.15, 0.2) is 18.3 Å². The van der Waals surface area contributed by atoms with Crippen LogP contribution in [-0.4, -0.2) is 26.7 Å². The van der Waals surface area contributed by atoms with Crippen LogP contribution in [0.2, 0.25) is 0 Å². The lowest BCUT2D eigenvalue weighted by Gasteiger charge is -2.11. The van der Waals surface area contributed by atoms with Crippen molar-refractivity contribution in [3.8, 4) is 11.3 Å². The minimum Gasteiger partial charge on any atom is -0.354 e. The van der Waals surface area contributed by atoms with Crippen LogP contribution in [0.25, 0.3) is 22.3 Å². The molecule has 0 fully saturated rings. The zero-order chi connectivity index (χ0) is 15.0. The second-order valence-electron chi connectivity index (χ2n) is 5.00. The van der Waals surface area contributed by atoms with Crippen molar-refractivity contribution >= 4 is 17.0 Å². The summed E-state index contributed by atoms with van der Waals surface area (Å²) in [4.78, 5) is 8.79. The van der Waals surface area contributed by atoms with Gasteiger partial charge in [-0.3, -0.25) is 5.10 Å². The molecule has 21 heavy (non-hydrogen) atoms. The smallest absolute Gasteiger partial charge is 0.225 e. The number of anilines is 1. The quantitative estimate of drug-likeness (QED) is 0.775. The van der Waals surface area contributed by atoms with Crippen LogP contribution in [0.1, 0.15) is 18.1 Å². The van der Waals surface area contributed by atoms with Crippen molar-refractivity contribution in [1.29, 1.82) is 0 Å². The van der Waals surface area contributed by atoms with Gasteiger partial charge in [0.15, 0.2) is 5.65 Å². The van der Waals surface area contributed by atoms with Crippen molar-refractivity contribution in [2.75, 3.05) is 11.9 Å². The molecule has 0 bridgehead atoms. The van der Waals surface area contributed by atoms with Crippen molar-refractivity contribution in [3.05, 3.63) is 35.3 Å². The molecule has 108 valence electrons. The third-order valence-corrected chi connectivity index (χ3v) is 3.31. The maximum atomic E-state index is 14.4. The van der Waals surface area contributed by atoms with Gasteiger partial charge in [-0.25, -0.2) is 9.37 Å². The Balaban J connectivity index is 2.31. The summed E-state index contributed by atoms with van der Waals surface area (Å²) < 4.78 is 14.4. The molecule has 0 atom stereocenters.